The van der Waals surface area contributed by atoms with Gasteiger partial charge in [-0.15, -0.1) is 0 Å². The molecule has 1 N–H and O–H groups in total. The number of aromatic nitrogens is 2. The highest BCUT2D eigenvalue weighted by Crippen LogP contribution is 2.26. The summed E-state index contributed by atoms with van der Waals surface area (Å²) >= 11 is 8.37. The van der Waals surface area contributed by atoms with E-state index in [1.807, 2.05) is 38.5 Å². The van der Waals surface area contributed by atoms with Gasteiger partial charge in [0.25, 0.3) is 0 Å². The van der Waals surface area contributed by atoms with Gasteiger partial charge in [-0.05, 0) is 53.4 Å². The quantitative estimate of drug-likeness (QED) is 0.852. The minimum absolute atomic E-state index is 0.0747. The van der Waals surface area contributed by atoms with Crippen LogP contribution in [0, 0.1) is 3.57 Å². The first kappa shape index (κ1) is 12.9. The van der Waals surface area contributed by atoms with E-state index in [4.69, 9.17) is 11.6 Å². The Morgan fingerprint density at radius 1 is 1.41 bits per heavy atom. The lowest BCUT2D eigenvalue weighted by molar-refractivity contribution is 0.642. The SMILES string of the molecule is CNC(c1ccc(I)c(Cl)c1)c1ccn(C)n1. The molecule has 0 radical (unpaired) electrons. The van der Waals surface area contributed by atoms with E-state index in [1.54, 1.807) is 4.68 Å². The van der Waals surface area contributed by atoms with Gasteiger partial charge in [-0.2, -0.15) is 5.10 Å². The average Bonchev–Trinajstić information content (AvgIpc) is 2.71. The van der Waals surface area contributed by atoms with Gasteiger partial charge in [0.2, 0.25) is 0 Å². The summed E-state index contributed by atoms with van der Waals surface area (Å²) in [6, 6.07) is 8.16. The lowest BCUT2D eigenvalue weighted by Gasteiger charge is -2.15. The second kappa shape index (κ2) is 5.37. The molecule has 0 bridgehead atoms. The first-order valence-electron chi connectivity index (χ1n) is 5.23. The van der Waals surface area contributed by atoms with Gasteiger partial charge < -0.3 is 5.32 Å². The Labute approximate surface area is 119 Å². The van der Waals surface area contributed by atoms with E-state index in [-0.39, 0.29) is 6.04 Å². The molecule has 0 spiro atoms. The first-order chi connectivity index (χ1) is 8.11. The molecular weight excluding hydrogens is 349 g/mol. The van der Waals surface area contributed by atoms with E-state index in [1.165, 1.54) is 0 Å². The fourth-order valence-corrected chi connectivity index (χ4v) is 2.29. The Balaban J connectivity index is 2.38. The summed E-state index contributed by atoms with van der Waals surface area (Å²) in [5.74, 6) is 0. The first-order valence-corrected chi connectivity index (χ1v) is 6.69. The highest BCUT2D eigenvalue weighted by Gasteiger charge is 2.15. The molecular formula is C12H13ClIN3. The third-order valence-corrected chi connectivity index (χ3v) is 4.17. The van der Waals surface area contributed by atoms with E-state index in [0.717, 1.165) is 19.9 Å². The molecule has 1 atom stereocenters. The van der Waals surface area contributed by atoms with Crippen LogP contribution in [-0.2, 0) is 7.05 Å². The van der Waals surface area contributed by atoms with Gasteiger partial charge in [-0.3, -0.25) is 4.68 Å². The normalized spacial score (nSPS) is 12.7. The molecule has 5 heteroatoms. The second-order valence-electron chi connectivity index (χ2n) is 3.81. The third-order valence-electron chi connectivity index (χ3n) is 2.60. The van der Waals surface area contributed by atoms with Crippen LogP contribution in [0.3, 0.4) is 0 Å². The van der Waals surface area contributed by atoms with Crippen LogP contribution in [0.15, 0.2) is 30.5 Å². The highest BCUT2D eigenvalue weighted by atomic mass is 127. The van der Waals surface area contributed by atoms with E-state index in [9.17, 15) is 0 Å². The molecule has 1 unspecified atom stereocenters. The number of aryl methyl sites for hydroxylation is 1. The van der Waals surface area contributed by atoms with E-state index >= 15 is 0 Å². The van der Waals surface area contributed by atoms with Crippen molar-refractivity contribution in [1.82, 2.24) is 15.1 Å². The van der Waals surface area contributed by atoms with Crippen LogP contribution in [0.5, 0.6) is 0 Å². The van der Waals surface area contributed by atoms with Gasteiger partial charge in [0.05, 0.1) is 16.8 Å². The van der Waals surface area contributed by atoms with Crippen LogP contribution in [0.1, 0.15) is 17.3 Å². The molecule has 1 heterocycles. The molecule has 0 aliphatic rings. The standard InChI is InChI=1S/C12H13ClIN3/c1-15-12(11-5-6-17(2)16-11)8-3-4-10(14)9(13)7-8/h3-7,12,15H,1-2H3. The minimum atomic E-state index is 0.0747. The zero-order valence-corrected chi connectivity index (χ0v) is 12.5. The summed E-state index contributed by atoms with van der Waals surface area (Å²) in [4.78, 5) is 0. The molecule has 0 amide bonds. The summed E-state index contributed by atoms with van der Waals surface area (Å²) in [7, 11) is 3.84. The number of rotatable bonds is 3. The third kappa shape index (κ3) is 2.81. The van der Waals surface area contributed by atoms with Crippen molar-refractivity contribution in [3.05, 3.63) is 50.3 Å². The highest BCUT2D eigenvalue weighted by molar-refractivity contribution is 14.1. The fourth-order valence-electron chi connectivity index (χ4n) is 1.76. The van der Waals surface area contributed by atoms with Crippen LogP contribution in [-0.4, -0.2) is 16.8 Å². The number of nitrogens with zero attached hydrogens (tertiary/aromatic N) is 2. The molecule has 0 aliphatic heterocycles. The van der Waals surface area contributed by atoms with Crippen LogP contribution in [0.4, 0.5) is 0 Å². The number of hydrogen-bond acceptors (Lipinski definition) is 2. The van der Waals surface area contributed by atoms with E-state index in [2.05, 4.69) is 39.1 Å². The molecule has 17 heavy (non-hydrogen) atoms. The molecule has 0 aliphatic carbocycles. The van der Waals surface area contributed by atoms with Crippen molar-refractivity contribution in [2.24, 2.45) is 7.05 Å². The maximum atomic E-state index is 6.15. The summed E-state index contributed by atoms with van der Waals surface area (Å²) in [6.07, 6.45) is 1.94. The van der Waals surface area contributed by atoms with Gasteiger partial charge in [0.1, 0.15) is 0 Å². The lowest BCUT2D eigenvalue weighted by Crippen LogP contribution is -2.18. The molecule has 90 valence electrons. The number of benzene rings is 1. The molecule has 0 saturated carbocycles. The molecule has 2 rings (SSSR count). The van der Waals surface area contributed by atoms with Crippen molar-refractivity contribution >= 4 is 34.2 Å². The average molecular weight is 362 g/mol. The molecule has 0 saturated heterocycles. The Hall–Kier alpha value is -0.590. The van der Waals surface area contributed by atoms with Crippen LogP contribution < -0.4 is 5.32 Å². The Morgan fingerprint density at radius 3 is 2.71 bits per heavy atom. The van der Waals surface area contributed by atoms with Crippen molar-refractivity contribution in [1.29, 1.82) is 0 Å². The van der Waals surface area contributed by atoms with Gasteiger partial charge in [0.15, 0.2) is 0 Å². The largest absolute Gasteiger partial charge is 0.308 e. The summed E-state index contributed by atoms with van der Waals surface area (Å²) in [6.45, 7) is 0. The predicted octanol–water partition coefficient (Wildman–Crippen LogP) is 2.99. The van der Waals surface area contributed by atoms with Crippen molar-refractivity contribution < 1.29 is 0 Å². The molecule has 1 aromatic carbocycles. The maximum Gasteiger partial charge on any atom is 0.0839 e. The van der Waals surface area contributed by atoms with Crippen molar-refractivity contribution in [2.75, 3.05) is 7.05 Å². The Kier molecular flexibility index (Phi) is 4.06. The second-order valence-corrected chi connectivity index (χ2v) is 5.38. The molecule has 1 aromatic heterocycles. The molecule has 2 aromatic rings. The molecule has 3 nitrogen and oxygen atoms in total. The molecule has 0 fully saturated rings. The predicted molar refractivity (Wildman–Crippen MR) is 78.3 cm³/mol. The Morgan fingerprint density at radius 2 is 2.18 bits per heavy atom. The fraction of sp³-hybridized carbons (Fsp3) is 0.250. The van der Waals surface area contributed by atoms with Crippen LogP contribution in [0.2, 0.25) is 5.02 Å². The van der Waals surface area contributed by atoms with Crippen molar-refractivity contribution in [3.8, 4) is 0 Å². The topological polar surface area (TPSA) is 29.9 Å². The zero-order chi connectivity index (χ0) is 12.4. The number of hydrogen-bond donors (Lipinski definition) is 1. The van der Waals surface area contributed by atoms with Gasteiger partial charge in [-0.1, -0.05) is 17.7 Å². The smallest absolute Gasteiger partial charge is 0.0839 e. The van der Waals surface area contributed by atoms with Crippen LogP contribution in [0.25, 0.3) is 0 Å². The van der Waals surface area contributed by atoms with E-state index in [0.29, 0.717) is 0 Å². The van der Waals surface area contributed by atoms with E-state index < -0.39 is 0 Å². The van der Waals surface area contributed by atoms with Crippen molar-refractivity contribution in [3.63, 3.8) is 0 Å². The summed E-state index contributed by atoms with van der Waals surface area (Å²) < 4.78 is 2.86. The van der Waals surface area contributed by atoms with Crippen molar-refractivity contribution in [2.45, 2.75) is 6.04 Å². The number of nitrogens with one attached hydrogen (secondary N) is 1. The van der Waals surface area contributed by atoms with Gasteiger partial charge in [-0.25, -0.2) is 0 Å². The minimum Gasteiger partial charge on any atom is -0.308 e. The lowest BCUT2D eigenvalue weighted by atomic mass is 10.0. The maximum absolute atomic E-state index is 6.15. The summed E-state index contributed by atoms with van der Waals surface area (Å²) in [5, 5.41) is 8.45. The van der Waals surface area contributed by atoms with Gasteiger partial charge in [0, 0.05) is 16.8 Å². The zero-order valence-electron chi connectivity index (χ0n) is 9.61. The monoisotopic (exact) mass is 361 g/mol. The summed E-state index contributed by atoms with van der Waals surface area (Å²) in [5.41, 5.74) is 2.11. The van der Waals surface area contributed by atoms with Gasteiger partial charge >= 0.3 is 0 Å². The number of halogens is 2. The Bertz CT molecular complexity index is 524. The van der Waals surface area contributed by atoms with Crippen LogP contribution >= 0.6 is 34.2 Å².